The number of pyridine rings is 1. The molecule has 1 saturated heterocycles. The summed E-state index contributed by atoms with van der Waals surface area (Å²) in [6.45, 7) is -0.498. The van der Waals surface area contributed by atoms with E-state index in [0.717, 1.165) is 47.2 Å². The number of imide groups is 1. The largest absolute Gasteiger partial charge is 0.454 e. The number of carbonyl (C=O) groups excluding carboxylic acids is 4. The van der Waals surface area contributed by atoms with Crippen molar-refractivity contribution in [2.75, 3.05) is 11.5 Å². The van der Waals surface area contributed by atoms with E-state index in [1.807, 2.05) is 6.07 Å². The van der Waals surface area contributed by atoms with Crippen LogP contribution in [0.4, 0.5) is 5.69 Å². The van der Waals surface area contributed by atoms with E-state index in [1.54, 1.807) is 0 Å². The summed E-state index contributed by atoms with van der Waals surface area (Å²) in [5, 5.41) is 9.82. The number of halogens is 2. The molecule has 5 rings (SSSR count). The first-order chi connectivity index (χ1) is 18.7. The fourth-order valence-corrected chi connectivity index (χ4v) is 5.83. The van der Waals surface area contributed by atoms with Crippen LogP contribution in [0.5, 0.6) is 0 Å². The number of fused-ring (bicyclic) bond motifs is 1. The second kappa shape index (κ2) is 11.2. The molecule has 8 nitrogen and oxygen atoms in total. The third kappa shape index (κ3) is 5.55. The van der Waals surface area contributed by atoms with Crippen molar-refractivity contribution in [3.8, 4) is 6.07 Å². The van der Waals surface area contributed by atoms with Crippen molar-refractivity contribution < 1.29 is 23.9 Å². The first kappa shape index (κ1) is 26.9. The molecule has 1 aliphatic heterocycles. The Morgan fingerprint density at radius 3 is 2.51 bits per heavy atom. The summed E-state index contributed by atoms with van der Waals surface area (Å²) in [4.78, 5) is 56.4. The molecule has 2 heterocycles. The zero-order valence-electron chi connectivity index (χ0n) is 20.3. The number of nitrogens with zero attached hydrogens (tertiary/aromatic N) is 3. The lowest BCUT2D eigenvalue weighted by Crippen LogP contribution is -2.31. The average Bonchev–Trinajstić information content (AvgIpc) is 3.50. The number of carbonyl (C=O) groups is 4. The topological polar surface area (TPSA) is 117 Å². The van der Waals surface area contributed by atoms with Crippen LogP contribution in [0.25, 0.3) is 0 Å². The van der Waals surface area contributed by atoms with Gasteiger partial charge in [-0.15, -0.1) is 0 Å². The molecular formula is C28H19Cl2N3O5S. The predicted molar refractivity (Wildman–Crippen MR) is 145 cm³/mol. The number of esters is 1. The molecule has 1 aromatic heterocycles. The van der Waals surface area contributed by atoms with Gasteiger partial charge in [0.1, 0.15) is 11.1 Å². The second-order valence-electron chi connectivity index (χ2n) is 8.97. The van der Waals surface area contributed by atoms with Gasteiger partial charge in [0.2, 0.25) is 11.8 Å². The monoisotopic (exact) mass is 579 g/mol. The summed E-state index contributed by atoms with van der Waals surface area (Å²) in [6.07, 6.45) is 2.66. The summed E-state index contributed by atoms with van der Waals surface area (Å²) >= 11 is 12.9. The van der Waals surface area contributed by atoms with Crippen LogP contribution in [-0.2, 0) is 27.2 Å². The van der Waals surface area contributed by atoms with Crippen LogP contribution in [0.1, 0.15) is 50.4 Å². The number of anilines is 1. The van der Waals surface area contributed by atoms with Crippen LogP contribution in [0, 0.1) is 11.3 Å². The zero-order chi connectivity index (χ0) is 27.7. The van der Waals surface area contributed by atoms with Crippen molar-refractivity contribution in [2.24, 2.45) is 0 Å². The number of Topliss-reactive ketones (excluding diaryl/α,β-unsaturated/α-hetero) is 1. The summed E-state index contributed by atoms with van der Waals surface area (Å²) in [7, 11) is 0. The number of ketones is 1. The van der Waals surface area contributed by atoms with Crippen molar-refractivity contribution in [3.63, 3.8) is 0 Å². The lowest BCUT2D eigenvalue weighted by molar-refractivity contribution is -0.121. The number of benzene rings is 2. The molecule has 2 aromatic carbocycles. The highest BCUT2D eigenvalue weighted by Gasteiger charge is 2.41. The third-order valence-electron chi connectivity index (χ3n) is 6.43. The molecule has 0 bridgehead atoms. The number of nitriles is 1. The number of aryl methyl sites for hydroxylation is 2. The fourth-order valence-electron chi connectivity index (χ4n) is 4.44. The Morgan fingerprint density at radius 2 is 1.79 bits per heavy atom. The van der Waals surface area contributed by atoms with Gasteiger partial charge in [-0.05, 0) is 73.4 Å². The number of ether oxygens (including phenoxy) is 1. The summed E-state index contributed by atoms with van der Waals surface area (Å²) in [6, 6.07) is 14.1. The van der Waals surface area contributed by atoms with E-state index in [4.69, 9.17) is 27.9 Å². The van der Waals surface area contributed by atoms with Gasteiger partial charge < -0.3 is 4.74 Å². The number of rotatable bonds is 7. The standard InChI is InChI=1S/C28H19Cl2N3O5S/c29-20-9-6-17(11-21(20)30)23(34)14-38-28(37)15-4-7-19(8-5-15)33-25(35)12-24(27(33)36)39-26-18(13-31)10-16-2-1-3-22(16)32-26/h4-11,24H,1-3,12,14H2. The van der Waals surface area contributed by atoms with Crippen molar-refractivity contribution >= 4 is 64.2 Å². The minimum absolute atomic E-state index is 0.0340. The molecule has 39 heavy (non-hydrogen) atoms. The lowest BCUT2D eigenvalue weighted by Gasteiger charge is -2.15. The first-order valence-electron chi connectivity index (χ1n) is 12.0. The van der Waals surface area contributed by atoms with Crippen LogP contribution >= 0.6 is 35.0 Å². The Kier molecular flexibility index (Phi) is 7.71. The molecular weight excluding hydrogens is 561 g/mol. The van der Waals surface area contributed by atoms with Crippen molar-refractivity contribution in [1.29, 1.82) is 5.26 Å². The molecule has 0 radical (unpaired) electrons. The number of amides is 2. The van der Waals surface area contributed by atoms with E-state index >= 15 is 0 Å². The highest BCUT2D eigenvalue weighted by atomic mass is 35.5. The zero-order valence-corrected chi connectivity index (χ0v) is 22.6. The maximum atomic E-state index is 13.2. The van der Waals surface area contributed by atoms with Crippen LogP contribution in [-0.4, -0.2) is 40.4 Å². The van der Waals surface area contributed by atoms with Crippen LogP contribution in [0.3, 0.4) is 0 Å². The third-order valence-corrected chi connectivity index (χ3v) is 8.36. The summed E-state index contributed by atoms with van der Waals surface area (Å²) in [5.74, 6) is -2.00. The van der Waals surface area contributed by atoms with Gasteiger partial charge in [-0.1, -0.05) is 35.0 Å². The Labute approximate surface area is 237 Å². The van der Waals surface area contributed by atoms with Gasteiger partial charge in [-0.25, -0.2) is 14.7 Å². The first-order valence-corrected chi connectivity index (χ1v) is 13.6. The summed E-state index contributed by atoms with van der Waals surface area (Å²) in [5.41, 5.74) is 3.10. The molecule has 1 unspecified atom stereocenters. The maximum absolute atomic E-state index is 13.2. The quantitative estimate of drug-likeness (QED) is 0.212. The minimum atomic E-state index is -0.741. The van der Waals surface area contributed by atoms with Crippen LogP contribution in [0.15, 0.2) is 53.6 Å². The minimum Gasteiger partial charge on any atom is -0.454 e. The molecule has 0 spiro atoms. The lowest BCUT2D eigenvalue weighted by atomic mass is 10.1. The van der Waals surface area contributed by atoms with Crippen LogP contribution < -0.4 is 4.90 Å². The van der Waals surface area contributed by atoms with Gasteiger partial charge >= 0.3 is 5.97 Å². The fraction of sp³-hybridized carbons (Fsp3) is 0.214. The average molecular weight is 580 g/mol. The molecule has 0 saturated carbocycles. The molecule has 0 N–H and O–H groups in total. The predicted octanol–water partition coefficient (Wildman–Crippen LogP) is 5.21. The molecule has 2 amide bonds. The van der Waals surface area contributed by atoms with E-state index in [-0.39, 0.29) is 28.5 Å². The van der Waals surface area contributed by atoms with Gasteiger partial charge in [0.05, 0.1) is 32.1 Å². The maximum Gasteiger partial charge on any atom is 0.338 e. The molecule has 1 atom stereocenters. The SMILES string of the molecule is N#Cc1cc2c(nc1SC1CC(=O)N(c3ccc(C(=O)OCC(=O)c4ccc(Cl)c(Cl)c4)cc3)C1=O)CCC2. The number of hydrogen-bond donors (Lipinski definition) is 0. The van der Waals surface area contributed by atoms with Gasteiger partial charge in [-0.3, -0.25) is 14.4 Å². The van der Waals surface area contributed by atoms with Crippen molar-refractivity contribution in [3.05, 3.63) is 86.5 Å². The number of aromatic nitrogens is 1. The van der Waals surface area contributed by atoms with Crippen molar-refractivity contribution in [1.82, 2.24) is 4.98 Å². The van der Waals surface area contributed by atoms with Crippen LogP contribution in [0.2, 0.25) is 10.0 Å². The van der Waals surface area contributed by atoms with E-state index in [2.05, 4.69) is 11.1 Å². The molecule has 1 fully saturated rings. The van der Waals surface area contributed by atoms with E-state index in [9.17, 15) is 24.4 Å². The highest BCUT2D eigenvalue weighted by molar-refractivity contribution is 8.00. The Balaban J connectivity index is 1.23. The smallest absolute Gasteiger partial charge is 0.338 e. The van der Waals surface area contributed by atoms with Gasteiger partial charge in [0.15, 0.2) is 12.4 Å². The number of hydrogen-bond acceptors (Lipinski definition) is 8. The van der Waals surface area contributed by atoms with E-state index in [1.165, 1.54) is 42.5 Å². The highest BCUT2D eigenvalue weighted by Crippen LogP contribution is 2.36. The van der Waals surface area contributed by atoms with E-state index in [0.29, 0.717) is 21.3 Å². The molecule has 11 heteroatoms. The van der Waals surface area contributed by atoms with Gasteiger partial charge in [-0.2, -0.15) is 5.26 Å². The normalized spacial score (nSPS) is 16.2. The van der Waals surface area contributed by atoms with Gasteiger partial charge in [0, 0.05) is 17.7 Å². The Morgan fingerprint density at radius 1 is 1.05 bits per heavy atom. The van der Waals surface area contributed by atoms with Crippen molar-refractivity contribution in [2.45, 2.75) is 36.0 Å². The molecule has 196 valence electrons. The molecule has 3 aromatic rings. The summed E-state index contributed by atoms with van der Waals surface area (Å²) < 4.78 is 5.11. The Bertz CT molecular complexity index is 1570. The molecule has 1 aliphatic carbocycles. The second-order valence-corrected chi connectivity index (χ2v) is 11.0. The number of thioether (sulfide) groups is 1. The molecule has 2 aliphatic rings. The Hall–Kier alpha value is -3.71. The van der Waals surface area contributed by atoms with Gasteiger partial charge in [0.25, 0.3) is 0 Å². The van der Waals surface area contributed by atoms with E-state index < -0.39 is 29.5 Å².